The largest absolute Gasteiger partial charge is 0.348 e. The van der Waals surface area contributed by atoms with Gasteiger partial charge >= 0.3 is 0 Å². The summed E-state index contributed by atoms with van der Waals surface area (Å²) in [5.74, 6) is -5.88. The van der Waals surface area contributed by atoms with Crippen LogP contribution in [0.4, 0.5) is 22.0 Å². The Balaban J connectivity index is 1.66. The van der Waals surface area contributed by atoms with Crippen LogP contribution in [0, 0.1) is 29.1 Å². The Bertz CT molecular complexity index is 1040. The smallest absolute Gasteiger partial charge is 0.194 e. The maximum Gasteiger partial charge on any atom is 0.194 e. The summed E-state index contributed by atoms with van der Waals surface area (Å²) in [6, 6.07) is 9.53. The molecule has 0 unspecified atom stereocenters. The maximum absolute atomic E-state index is 14.6. The van der Waals surface area contributed by atoms with Crippen LogP contribution in [0.1, 0.15) is 18.3 Å². The van der Waals surface area contributed by atoms with Crippen molar-refractivity contribution in [1.29, 1.82) is 0 Å². The first kappa shape index (κ1) is 19.5. The lowest BCUT2D eigenvalue weighted by Crippen LogP contribution is -2.17. The zero-order chi connectivity index (χ0) is 20.5. The van der Waals surface area contributed by atoms with Gasteiger partial charge in [0.2, 0.25) is 0 Å². The van der Waals surface area contributed by atoms with Crippen LogP contribution in [0.5, 0.6) is 0 Å². The van der Waals surface area contributed by atoms with Gasteiger partial charge in [-0.05, 0) is 41.8 Å². The molecule has 1 fully saturated rings. The van der Waals surface area contributed by atoms with Crippen LogP contribution in [0.25, 0.3) is 22.3 Å². The summed E-state index contributed by atoms with van der Waals surface area (Å²) in [5, 5.41) is 0. The summed E-state index contributed by atoms with van der Waals surface area (Å²) in [6.45, 7) is 1.04. The predicted octanol–water partition coefficient (Wildman–Crippen LogP) is 6.15. The van der Waals surface area contributed by atoms with Crippen molar-refractivity contribution in [3.63, 3.8) is 0 Å². The molecule has 0 aromatic heterocycles. The summed E-state index contributed by atoms with van der Waals surface area (Å²) in [4.78, 5) is 0. The van der Waals surface area contributed by atoms with Gasteiger partial charge in [0.05, 0.1) is 13.2 Å². The molecular weight excluding hydrogens is 391 g/mol. The second-order valence-corrected chi connectivity index (χ2v) is 6.61. The fourth-order valence-corrected chi connectivity index (χ4v) is 3.22. The van der Waals surface area contributed by atoms with Crippen molar-refractivity contribution >= 4 is 0 Å². The lowest BCUT2D eigenvalue weighted by Gasteiger charge is -2.23. The summed E-state index contributed by atoms with van der Waals surface area (Å²) in [6.07, 6.45) is 0.125. The van der Waals surface area contributed by atoms with Crippen LogP contribution in [-0.2, 0) is 9.47 Å². The van der Waals surface area contributed by atoms with E-state index in [2.05, 4.69) is 0 Å². The molecule has 29 heavy (non-hydrogen) atoms. The molecule has 0 aliphatic carbocycles. The fraction of sp³-hybridized carbons (Fsp3) is 0.182. The highest BCUT2D eigenvalue weighted by atomic mass is 19.2. The van der Waals surface area contributed by atoms with Crippen molar-refractivity contribution in [2.24, 2.45) is 0 Å². The van der Waals surface area contributed by atoms with Gasteiger partial charge in [-0.1, -0.05) is 24.3 Å². The molecule has 0 radical (unpaired) electrons. The van der Waals surface area contributed by atoms with Crippen LogP contribution >= 0.6 is 0 Å². The van der Waals surface area contributed by atoms with E-state index in [0.29, 0.717) is 30.9 Å². The van der Waals surface area contributed by atoms with E-state index >= 15 is 0 Å². The van der Waals surface area contributed by atoms with Crippen molar-refractivity contribution in [3.8, 4) is 22.3 Å². The number of halogens is 5. The second-order valence-electron chi connectivity index (χ2n) is 6.61. The number of rotatable bonds is 3. The Labute approximate surface area is 163 Å². The molecule has 0 spiro atoms. The first-order chi connectivity index (χ1) is 13.9. The molecule has 1 aliphatic rings. The Morgan fingerprint density at radius 2 is 1.17 bits per heavy atom. The van der Waals surface area contributed by atoms with E-state index in [1.165, 1.54) is 24.3 Å². The van der Waals surface area contributed by atoms with Crippen molar-refractivity contribution in [1.82, 2.24) is 0 Å². The average molecular weight is 406 g/mol. The van der Waals surface area contributed by atoms with Crippen LogP contribution < -0.4 is 0 Å². The minimum Gasteiger partial charge on any atom is -0.348 e. The van der Waals surface area contributed by atoms with Crippen LogP contribution in [0.2, 0.25) is 0 Å². The normalized spacial score (nSPS) is 14.9. The van der Waals surface area contributed by atoms with E-state index < -0.39 is 35.4 Å². The van der Waals surface area contributed by atoms with Gasteiger partial charge in [-0.25, -0.2) is 22.0 Å². The summed E-state index contributed by atoms with van der Waals surface area (Å²) < 4.78 is 80.1. The molecule has 2 nitrogen and oxygen atoms in total. The molecule has 1 saturated heterocycles. The van der Waals surface area contributed by atoms with Gasteiger partial charge in [0, 0.05) is 16.7 Å². The van der Waals surface area contributed by atoms with Gasteiger partial charge in [0.25, 0.3) is 0 Å². The molecule has 0 atom stereocenters. The Kier molecular flexibility index (Phi) is 5.34. The van der Waals surface area contributed by atoms with Crippen molar-refractivity contribution in [2.45, 2.75) is 12.7 Å². The molecular formula is C22H15F5O2. The highest BCUT2D eigenvalue weighted by molar-refractivity contribution is 5.71. The van der Waals surface area contributed by atoms with Gasteiger partial charge in [0.15, 0.2) is 23.7 Å². The van der Waals surface area contributed by atoms with E-state index in [1.807, 2.05) is 0 Å². The van der Waals surface area contributed by atoms with E-state index in [0.717, 1.165) is 12.5 Å². The first-order valence-electron chi connectivity index (χ1n) is 8.91. The lowest BCUT2D eigenvalue weighted by molar-refractivity contribution is -0.183. The molecule has 4 rings (SSSR count). The molecule has 150 valence electrons. The minimum atomic E-state index is -1.63. The van der Waals surface area contributed by atoms with E-state index in [1.54, 1.807) is 6.07 Å². The maximum atomic E-state index is 14.6. The molecule has 3 aromatic rings. The summed E-state index contributed by atoms with van der Waals surface area (Å²) >= 11 is 0. The summed E-state index contributed by atoms with van der Waals surface area (Å²) in [7, 11) is 0. The fourth-order valence-electron chi connectivity index (χ4n) is 3.22. The monoisotopic (exact) mass is 406 g/mol. The Morgan fingerprint density at radius 3 is 1.79 bits per heavy atom. The van der Waals surface area contributed by atoms with E-state index in [4.69, 9.17) is 9.47 Å². The standard InChI is InChI=1S/C22H15F5O2/c23-17-8-12(2-4-16(17)14-10-19(25)21(27)20(26)11-14)15-5-3-13(9-18(15)24)22-28-6-1-7-29-22/h2-5,8-11,22H,1,6-7H2. The molecule has 0 amide bonds. The average Bonchev–Trinajstić information content (AvgIpc) is 2.72. The predicted molar refractivity (Wildman–Crippen MR) is 96.4 cm³/mol. The third-order valence-corrected chi connectivity index (χ3v) is 4.67. The number of ether oxygens (including phenoxy) is 2. The van der Waals surface area contributed by atoms with Crippen molar-refractivity contribution in [2.75, 3.05) is 13.2 Å². The topological polar surface area (TPSA) is 18.5 Å². The van der Waals surface area contributed by atoms with Crippen LogP contribution in [0.3, 0.4) is 0 Å². The molecule has 1 heterocycles. The third-order valence-electron chi connectivity index (χ3n) is 4.67. The highest BCUT2D eigenvalue weighted by Crippen LogP contribution is 2.32. The Morgan fingerprint density at radius 1 is 0.621 bits per heavy atom. The molecule has 0 bridgehead atoms. The van der Waals surface area contributed by atoms with Gasteiger partial charge in [-0.3, -0.25) is 0 Å². The van der Waals surface area contributed by atoms with Gasteiger partial charge in [-0.2, -0.15) is 0 Å². The molecule has 3 aromatic carbocycles. The van der Waals surface area contributed by atoms with Crippen LogP contribution in [-0.4, -0.2) is 13.2 Å². The second kappa shape index (κ2) is 7.93. The third kappa shape index (κ3) is 3.88. The van der Waals surface area contributed by atoms with E-state index in [-0.39, 0.29) is 22.3 Å². The van der Waals surface area contributed by atoms with Crippen LogP contribution in [0.15, 0.2) is 48.5 Å². The number of hydrogen-bond donors (Lipinski definition) is 0. The van der Waals surface area contributed by atoms with E-state index in [9.17, 15) is 22.0 Å². The lowest BCUT2D eigenvalue weighted by atomic mass is 9.98. The molecule has 0 saturated carbocycles. The zero-order valence-electron chi connectivity index (χ0n) is 15.0. The number of hydrogen-bond acceptors (Lipinski definition) is 2. The highest BCUT2D eigenvalue weighted by Gasteiger charge is 2.19. The zero-order valence-corrected chi connectivity index (χ0v) is 15.0. The molecule has 0 N–H and O–H groups in total. The first-order valence-corrected chi connectivity index (χ1v) is 8.91. The quantitative estimate of drug-likeness (QED) is 0.384. The summed E-state index contributed by atoms with van der Waals surface area (Å²) in [5.41, 5.74) is 0.607. The van der Waals surface area contributed by atoms with Gasteiger partial charge in [0.1, 0.15) is 11.6 Å². The molecule has 1 aliphatic heterocycles. The molecule has 7 heteroatoms. The Hall–Kier alpha value is -2.77. The number of benzene rings is 3. The van der Waals surface area contributed by atoms with Crippen molar-refractivity contribution < 1.29 is 31.4 Å². The minimum absolute atomic E-state index is 0.132. The SMILES string of the molecule is Fc1cc(-c2ccc(C3OCCCO3)cc2F)ccc1-c1cc(F)c(F)c(F)c1. The van der Waals surface area contributed by atoms with Gasteiger partial charge < -0.3 is 9.47 Å². The van der Waals surface area contributed by atoms with Gasteiger partial charge in [-0.15, -0.1) is 0 Å². The van der Waals surface area contributed by atoms with Crippen molar-refractivity contribution in [3.05, 3.63) is 83.2 Å².